The molecule has 6 nitrogen and oxygen atoms in total. The van der Waals surface area contributed by atoms with E-state index in [1.807, 2.05) is 36.4 Å². The second-order valence-electron chi connectivity index (χ2n) is 6.13. The van der Waals surface area contributed by atoms with Gasteiger partial charge in [0.25, 0.3) is 5.56 Å². The molecule has 0 atom stereocenters. The molecule has 0 unspecified atom stereocenters. The molecule has 0 radical (unpaired) electrons. The van der Waals surface area contributed by atoms with Crippen LogP contribution in [0.15, 0.2) is 57.1 Å². The van der Waals surface area contributed by atoms with Crippen LogP contribution in [0, 0.1) is 18.3 Å². The standard InChI is InChI=1S/C22H20N2O4S/c1-13-10-15(16(12-23)22(25)24-13)21-18(28-4)6-5-7-19(21)29-20-11-14(26-2)8-9-17(20)27-3/h5-11H,1-4H3,(H,24,25). The lowest BCUT2D eigenvalue weighted by atomic mass is 10.00. The SMILES string of the molecule is COc1ccc(OC)c(Sc2cccc(OC)c2-c2cc(C)[nH]c(=O)c2C#N)c1. The number of aromatic amines is 1. The van der Waals surface area contributed by atoms with Crippen LogP contribution >= 0.6 is 11.8 Å². The van der Waals surface area contributed by atoms with Crippen LogP contribution in [0.3, 0.4) is 0 Å². The van der Waals surface area contributed by atoms with Crippen molar-refractivity contribution in [1.82, 2.24) is 4.98 Å². The van der Waals surface area contributed by atoms with E-state index in [0.29, 0.717) is 34.1 Å². The van der Waals surface area contributed by atoms with Gasteiger partial charge in [-0.25, -0.2) is 0 Å². The molecule has 1 N–H and O–H groups in total. The van der Waals surface area contributed by atoms with Gasteiger partial charge >= 0.3 is 0 Å². The zero-order chi connectivity index (χ0) is 21.0. The summed E-state index contributed by atoms with van der Waals surface area (Å²) >= 11 is 1.44. The summed E-state index contributed by atoms with van der Waals surface area (Å²) < 4.78 is 16.4. The van der Waals surface area contributed by atoms with E-state index in [2.05, 4.69) is 4.98 Å². The summed E-state index contributed by atoms with van der Waals surface area (Å²) in [6.45, 7) is 1.78. The number of hydrogen-bond acceptors (Lipinski definition) is 6. The molecule has 7 heteroatoms. The molecule has 148 valence electrons. The maximum Gasteiger partial charge on any atom is 0.266 e. The Morgan fingerprint density at radius 1 is 0.966 bits per heavy atom. The number of nitrogens with one attached hydrogen (secondary N) is 1. The second-order valence-corrected chi connectivity index (χ2v) is 7.22. The number of nitrogens with zero attached hydrogens (tertiary/aromatic N) is 1. The molecule has 0 fully saturated rings. The van der Waals surface area contributed by atoms with E-state index in [1.165, 1.54) is 11.8 Å². The van der Waals surface area contributed by atoms with Crippen LogP contribution in [0.4, 0.5) is 0 Å². The number of benzene rings is 2. The van der Waals surface area contributed by atoms with Crippen molar-refractivity contribution in [3.8, 4) is 34.4 Å². The lowest BCUT2D eigenvalue weighted by molar-refractivity contribution is 0.394. The summed E-state index contributed by atoms with van der Waals surface area (Å²) in [6.07, 6.45) is 0. The average molecular weight is 408 g/mol. The predicted octanol–water partition coefficient (Wildman–Crippen LogP) is 4.40. The first kappa shape index (κ1) is 20.4. The van der Waals surface area contributed by atoms with Crippen molar-refractivity contribution in [3.05, 3.63) is 64.1 Å². The monoisotopic (exact) mass is 408 g/mol. The average Bonchev–Trinajstić information content (AvgIpc) is 2.73. The third-order valence-corrected chi connectivity index (χ3v) is 5.45. The molecule has 3 aromatic rings. The fourth-order valence-corrected chi connectivity index (χ4v) is 4.13. The van der Waals surface area contributed by atoms with Gasteiger partial charge in [0.15, 0.2) is 0 Å². The van der Waals surface area contributed by atoms with Crippen molar-refractivity contribution in [1.29, 1.82) is 5.26 Å². The maximum atomic E-state index is 12.4. The molecule has 0 amide bonds. The molecule has 0 aliphatic carbocycles. The topological polar surface area (TPSA) is 84.3 Å². The van der Waals surface area contributed by atoms with Crippen molar-refractivity contribution in [2.75, 3.05) is 21.3 Å². The molecule has 0 bridgehead atoms. The van der Waals surface area contributed by atoms with Crippen LogP contribution in [0.5, 0.6) is 17.2 Å². The van der Waals surface area contributed by atoms with Crippen LogP contribution in [-0.2, 0) is 0 Å². The fourth-order valence-electron chi connectivity index (χ4n) is 3.01. The van der Waals surface area contributed by atoms with Gasteiger partial charge in [0.1, 0.15) is 28.9 Å². The smallest absolute Gasteiger partial charge is 0.266 e. The lowest BCUT2D eigenvalue weighted by Crippen LogP contribution is -2.13. The number of aromatic nitrogens is 1. The molecule has 0 aliphatic rings. The van der Waals surface area contributed by atoms with Gasteiger partial charge in [-0.1, -0.05) is 17.8 Å². The molecular weight excluding hydrogens is 388 g/mol. The van der Waals surface area contributed by atoms with Crippen molar-refractivity contribution >= 4 is 11.8 Å². The van der Waals surface area contributed by atoms with Gasteiger partial charge in [-0.3, -0.25) is 4.79 Å². The number of methoxy groups -OCH3 is 3. The summed E-state index contributed by atoms with van der Waals surface area (Å²) in [5.74, 6) is 1.95. The largest absolute Gasteiger partial charge is 0.497 e. The minimum absolute atomic E-state index is 0.0413. The minimum atomic E-state index is -0.427. The Balaban J connectivity index is 2.25. The summed E-state index contributed by atoms with van der Waals surface area (Å²) in [7, 11) is 4.77. The normalized spacial score (nSPS) is 10.3. The van der Waals surface area contributed by atoms with Crippen molar-refractivity contribution in [3.63, 3.8) is 0 Å². The zero-order valence-electron chi connectivity index (χ0n) is 16.5. The summed E-state index contributed by atoms with van der Waals surface area (Å²) in [5.41, 5.74) is 1.47. The molecule has 3 rings (SSSR count). The third-order valence-electron chi connectivity index (χ3n) is 4.35. The molecule has 2 aromatic carbocycles. The number of rotatable bonds is 6. The van der Waals surface area contributed by atoms with Gasteiger partial charge in [0.05, 0.1) is 26.2 Å². The molecule has 1 heterocycles. The van der Waals surface area contributed by atoms with Crippen LogP contribution < -0.4 is 19.8 Å². The molecule has 29 heavy (non-hydrogen) atoms. The minimum Gasteiger partial charge on any atom is -0.497 e. The summed E-state index contributed by atoms with van der Waals surface area (Å²) in [6, 6.07) is 14.9. The van der Waals surface area contributed by atoms with Crippen LogP contribution in [0.25, 0.3) is 11.1 Å². The van der Waals surface area contributed by atoms with E-state index in [1.54, 1.807) is 40.4 Å². The van der Waals surface area contributed by atoms with E-state index < -0.39 is 5.56 Å². The second kappa shape index (κ2) is 8.76. The summed E-state index contributed by atoms with van der Waals surface area (Å²) in [4.78, 5) is 16.7. The van der Waals surface area contributed by atoms with E-state index in [9.17, 15) is 10.1 Å². The van der Waals surface area contributed by atoms with Gasteiger partial charge < -0.3 is 19.2 Å². The highest BCUT2D eigenvalue weighted by atomic mass is 32.2. The highest BCUT2D eigenvalue weighted by Gasteiger charge is 2.20. The highest BCUT2D eigenvalue weighted by molar-refractivity contribution is 7.99. The zero-order valence-corrected chi connectivity index (χ0v) is 17.3. The molecule has 0 spiro atoms. The van der Waals surface area contributed by atoms with E-state index in [0.717, 1.165) is 9.79 Å². The Hall–Kier alpha value is -3.37. The number of hydrogen-bond donors (Lipinski definition) is 1. The number of nitriles is 1. The van der Waals surface area contributed by atoms with Crippen molar-refractivity contribution in [2.24, 2.45) is 0 Å². The van der Waals surface area contributed by atoms with Crippen molar-refractivity contribution < 1.29 is 14.2 Å². The lowest BCUT2D eigenvalue weighted by Gasteiger charge is -2.16. The number of ether oxygens (including phenoxy) is 3. The van der Waals surface area contributed by atoms with Gasteiger partial charge in [0.2, 0.25) is 0 Å². The Kier molecular flexibility index (Phi) is 6.15. The Morgan fingerprint density at radius 3 is 2.38 bits per heavy atom. The van der Waals surface area contributed by atoms with E-state index in [-0.39, 0.29) is 5.56 Å². The van der Waals surface area contributed by atoms with Gasteiger partial charge in [-0.15, -0.1) is 0 Å². The van der Waals surface area contributed by atoms with Crippen molar-refractivity contribution in [2.45, 2.75) is 16.7 Å². The predicted molar refractivity (Wildman–Crippen MR) is 112 cm³/mol. The quantitative estimate of drug-likeness (QED) is 0.651. The van der Waals surface area contributed by atoms with Crippen LogP contribution in [-0.4, -0.2) is 26.3 Å². The first-order valence-electron chi connectivity index (χ1n) is 8.73. The number of aryl methyl sites for hydroxylation is 1. The first-order chi connectivity index (χ1) is 14.0. The van der Waals surface area contributed by atoms with E-state index in [4.69, 9.17) is 14.2 Å². The first-order valence-corrected chi connectivity index (χ1v) is 9.55. The molecule has 0 saturated carbocycles. The van der Waals surface area contributed by atoms with Crippen LogP contribution in [0.2, 0.25) is 0 Å². The van der Waals surface area contributed by atoms with Gasteiger partial charge in [-0.05, 0) is 43.3 Å². The highest BCUT2D eigenvalue weighted by Crippen LogP contribution is 2.45. The van der Waals surface area contributed by atoms with E-state index >= 15 is 0 Å². The third kappa shape index (κ3) is 4.08. The molecule has 0 saturated heterocycles. The maximum absolute atomic E-state index is 12.4. The number of pyridine rings is 1. The van der Waals surface area contributed by atoms with Gasteiger partial charge in [-0.2, -0.15) is 5.26 Å². The Bertz CT molecular complexity index is 1150. The Morgan fingerprint density at radius 2 is 1.72 bits per heavy atom. The Labute approximate surface area is 173 Å². The molecule has 1 aromatic heterocycles. The fraction of sp³-hybridized carbons (Fsp3) is 0.182. The van der Waals surface area contributed by atoms with Crippen LogP contribution in [0.1, 0.15) is 11.3 Å². The molecule has 0 aliphatic heterocycles. The summed E-state index contributed by atoms with van der Waals surface area (Å²) in [5, 5.41) is 9.59. The number of H-pyrrole nitrogens is 1. The van der Waals surface area contributed by atoms with Gasteiger partial charge in [0, 0.05) is 21.7 Å². The molecular formula is C22H20N2O4S.